The first-order chi connectivity index (χ1) is 14.7. The average Bonchev–Trinajstić information content (AvgIpc) is 3.03. The summed E-state index contributed by atoms with van der Waals surface area (Å²) in [4.78, 5) is 33.9. The number of hydrogen-bond donors (Lipinski definition) is 3. The Morgan fingerprint density at radius 2 is 1.90 bits per heavy atom. The van der Waals surface area contributed by atoms with Crippen molar-refractivity contribution in [2.24, 2.45) is 17.8 Å². The molecule has 1 aromatic carbocycles. The highest BCUT2D eigenvalue weighted by atomic mass is 16.5. The number of carbonyl (C=O) groups excluding carboxylic acids is 1. The van der Waals surface area contributed by atoms with Crippen molar-refractivity contribution in [2.45, 2.75) is 64.1 Å². The minimum Gasteiger partial charge on any atom is -0.482 e. The Morgan fingerprint density at radius 1 is 1.13 bits per heavy atom. The second-order valence-electron chi connectivity index (χ2n) is 8.66. The molecule has 0 unspecified atom stereocenters. The van der Waals surface area contributed by atoms with Crippen LogP contribution in [0.2, 0.25) is 0 Å². The van der Waals surface area contributed by atoms with Crippen LogP contribution in [0, 0.1) is 17.8 Å². The number of rotatable bonds is 10. The summed E-state index contributed by atoms with van der Waals surface area (Å²) in [5.41, 5.74) is 2.13. The van der Waals surface area contributed by atoms with Crippen LogP contribution in [0.1, 0.15) is 50.2 Å². The number of aliphatic hydroxyl groups is 1. The summed E-state index contributed by atoms with van der Waals surface area (Å²) in [6.07, 6.45) is 2.31. The van der Waals surface area contributed by atoms with E-state index in [4.69, 9.17) is 19.7 Å². The lowest BCUT2D eigenvalue weighted by molar-refractivity contribution is -0.154. The van der Waals surface area contributed by atoms with Crippen LogP contribution in [-0.2, 0) is 32.0 Å². The fourth-order valence-corrected chi connectivity index (χ4v) is 5.06. The molecule has 0 radical (unpaired) electrons. The largest absolute Gasteiger partial charge is 0.482 e. The van der Waals surface area contributed by atoms with E-state index in [2.05, 4.69) is 0 Å². The van der Waals surface area contributed by atoms with Gasteiger partial charge < -0.3 is 24.8 Å². The van der Waals surface area contributed by atoms with Gasteiger partial charge in [0.05, 0.1) is 18.9 Å². The Kier molecular flexibility index (Phi) is 7.54. The van der Waals surface area contributed by atoms with Gasteiger partial charge in [0.2, 0.25) is 0 Å². The molecule has 1 aromatic rings. The zero-order valence-electron chi connectivity index (χ0n) is 17.7. The number of carboxylic acids is 2. The Balaban J connectivity index is 1.76. The lowest BCUT2D eigenvalue weighted by Gasteiger charge is -2.32. The molecule has 2 aliphatic rings. The Labute approximate surface area is 181 Å². The molecule has 1 saturated carbocycles. The van der Waals surface area contributed by atoms with Crippen LogP contribution in [0.25, 0.3) is 0 Å². The van der Waals surface area contributed by atoms with Gasteiger partial charge in [-0.2, -0.15) is 0 Å². The molecule has 0 amide bonds. The summed E-state index contributed by atoms with van der Waals surface area (Å²) in [5, 5.41) is 27.5. The minimum absolute atomic E-state index is 0.0881. The average molecular weight is 434 g/mol. The molecule has 8 nitrogen and oxygen atoms in total. The van der Waals surface area contributed by atoms with E-state index in [1.807, 2.05) is 12.1 Å². The van der Waals surface area contributed by atoms with Gasteiger partial charge in [0.15, 0.2) is 6.61 Å². The van der Waals surface area contributed by atoms with E-state index >= 15 is 0 Å². The van der Waals surface area contributed by atoms with Gasteiger partial charge in [-0.3, -0.25) is 9.59 Å². The summed E-state index contributed by atoms with van der Waals surface area (Å²) in [6, 6.07) is 5.67. The molecule has 31 heavy (non-hydrogen) atoms. The zero-order valence-corrected chi connectivity index (χ0v) is 17.7. The van der Waals surface area contributed by atoms with Crippen molar-refractivity contribution in [3.8, 4) is 5.75 Å². The first-order valence-electron chi connectivity index (χ1n) is 10.8. The van der Waals surface area contributed by atoms with Crippen LogP contribution in [-0.4, -0.2) is 52.0 Å². The highest BCUT2D eigenvalue weighted by Crippen LogP contribution is 2.49. The maximum absolute atomic E-state index is 12.2. The highest BCUT2D eigenvalue weighted by Gasteiger charge is 2.47. The number of ether oxygens (including phenoxy) is 2. The number of carbonyl (C=O) groups is 3. The molecule has 8 heteroatoms. The van der Waals surface area contributed by atoms with Gasteiger partial charge >= 0.3 is 17.9 Å². The van der Waals surface area contributed by atoms with Gasteiger partial charge in [0.25, 0.3) is 0 Å². The van der Waals surface area contributed by atoms with Crippen molar-refractivity contribution < 1.29 is 39.2 Å². The number of aliphatic carboxylic acids is 2. The number of esters is 1. The first kappa shape index (κ1) is 23.1. The Morgan fingerprint density at radius 3 is 2.58 bits per heavy atom. The van der Waals surface area contributed by atoms with Gasteiger partial charge in [-0.1, -0.05) is 12.1 Å². The number of aliphatic hydroxyl groups excluding tert-OH is 1. The predicted octanol–water partition coefficient (Wildman–Crippen LogP) is 2.44. The number of hydrogen-bond acceptors (Lipinski definition) is 6. The van der Waals surface area contributed by atoms with Crippen molar-refractivity contribution in [3.63, 3.8) is 0 Å². The Hall–Kier alpha value is -2.61. The molecule has 1 fully saturated rings. The van der Waals surface area contributed by atoms with Gasteiger partial charge in [-0.25, -0.2) is 4.79 Å². The molecule has 5 atom stereocenters. The summed E-state index contributed by atoms with van der Waals surface area (Å²) in [5.74, 6) is -1.37. The van der Waals surface area contributed by atoms with Crippen LogP contribution < -0.4 is 4.74 Å². The van der Waals surface area contributed by atoms with E-state index in [1.165, 1.54) is 0 Å². The predicted molar refractivity (Wildman–Crippen MR) is 110 cm³/mol. The van der Waals surface area contributed by atoms with Gasteiger partial charge in [0.1, 0.15) is 11.9 Å². The molecule has 0 bridgehead atoms. The van der Waals surface area contributed by atoms with Crippen LogP contribution in [0.4, 0.5) is 0 Å². The molecule has 2 aliphatic carbocycles. The highest BCUT2D eigenvalue weighted by molar-refractivity contribution is 5.76. The third kappa shape index (κ3) is 5.97. The lowest BCUT2D eigenvalue weighted by Crippen LogP contribution is -2.29. The quantitative estimate of drug-likeness (QED) is 0.479. The molecule has 0 spiro atoms. The van der Waals surface area contributed by atoms with E-state index in [9.17, 15) is 19.5 Å². The molecule has 3 rings (SSSR count). The Bertz CT molecular complexity index is 818. The third-order valence-corrected chi connectivity index (χ3v) is 6.41. The summed E-state index contributed by atoms with van der Waals surface area (Å²) < 4.78 is 11.2. The molecular formula is C23H30O8. The molecule has 0 aromatic heterocycles. The van der Waals surface area contributed by atoms with Crippen LogP contribution >= 0.6 is 0 Å². The normalized spacial score (nSPS) is 25.2. The molecule has 0 aliphatic heterocycles. The molecule has 170 valence electrons. The summed E-state index contributed by atoms with van der Waals surface area (Å²) in [7, 11) is 0. The van der Waals surface area contributed by atoms with Crippen molar-refractivity contribution in [2.75, 3.05) is 6.61 Å². The SMILES string of the molecule is C[C@H](O)CC[C@@H]1[C@H]2Cc3cccc(OCC(=O)O)c3C[C@H]2C[C@H]1OC(=O)CCC(=O)O. The lowest BCUT2D eigenvalue weighted by atomic mass is 9.73. The molecule has 0 heterocycles. The van der Waals surface area contributed by atoms with Crippen LogP contribution in [0.3, 0.4) is 0 Å². The number of fused-ring (bicyclic) bond motifs is 2. The maximum atomic E-state index is 12.2. The van der Waals surface area contributed by atoms with Crippen LogP contribution in [0.5, 0.6) is 5.75 Å². The van der Waals surface area contributed by atoms with Gasteiger partial charge in [-0.15, -0.1) is 0 Å². The molecule has 0 saturated heterocycles. The van der Waals surface area contributed by atoms with E-state index in [1.54, 1.807) is 13.0 Å². The van der Waals surface area contributed by atoms with E-state index in [0.29, 0.717) is 25.0 Å². The van der Waals surface area contributed by atoms with Crippen molar-refractivity contribution in [1.29, 1.82) is 0 Å². The minimum atomic E-state index is -1.04. The van der Waals surface area contributed by atoms with E-state index in [-0.39, 0.29) is 36.7 Å². The number of benzene rings is 1. The fraction of sp³-hybridized carbons (Fsp3) is 0.609. The van der Waals surface area contributed by atoms with E-state index < -0.39 is 30.6 Å². The second kappa shape index (κ2) is 10.1. The first-order valence-corrected chi connectivity index (χ1v) is 10.8. The van der Waals surface area contributed by atoms with Crippen molar-refractivity contribution >= 4 is 17.9 Å². The van der Waals surface area contributed by atoms with Crippen molar-refractivity contribution in [1.82, 2.24) is 0 Å². The third-order valence-electron chi connectivity index (χ3n) is 6.41. The molecule has 3 N–H and O–H groups in total. The second-order valence-corrected chi connectivity index (χ2v) is 8.66. The summed E-state index contributed by atoms with van der Waals surface area (Å²) in [6.45, 7) is 1.34. The zero-order chi connectivity index (χ0) is 22.5. The smallest absolute Gasteiger partial charge is 0.341 e. The molecular weight excluding hydrogens is 404 g/mol. The standard InChI is InChI=1S/C23H30O8/c1-13(24)5-6-16-17-9-14-3-2-4-19(30-12-22(27)28)18(14)10-15(17)11-20(16)31-23(29)8-7-21(25)26/h2-4,13,15-17,20,24H,5-12H2,1H3,(H,25,26)(H,27,28)/t13-,15-,16+,17-,20+/m0/s1. The van der Waals surface area contributed by atoms with Gasteiger partial charge in [-0.05, 0) is 74.0 Å². The van der Waals surface area contributed by atoms with Crippen LogP contribution in [0.15, 0.2) is 18.2 Å². The number of carboxylic acid groups (broad SMARTS) is 2. The topological polar surface area (TPSA) is 130 Å². The fourth-order valence-electron chi connectivity index (χ4n) is 5.06. The van der Waals surface area contributed by atoms with Gasteiger partial charge in [0, 0.05) is 0 Å². The van der Waals surface area contributed by atoms with E-state index in [0.717, 1.165) is 24.0 Å². The summed E-state index contributed by atoms with van der Waals surface area (Å²) >= 11 is 0. The monoisotopic (exact) mass is 434 g/mol. The maximum Gasteiger partial charge on any atom is 0.341 e. The van der Waals surface area contributed by atoms with Crippen molar-refractivity contribution in [3.05, 3.63) is 29.3 Å².